The lowest BCUT2D eigenvalue weighted by Gasteiger charge is -2.13. The van der Waals surface area contributed by atoms with Gasteiger partial charge in [-0.2, -0.15) is 5.10 Å². The molecule has 0 aliphatic heterocycles. The van der Waals surface area contributed by atoms with Gasteiger partial charge in [-0.3, -0.25) is 0 Å². The summed E-state index contributed by atoms with van der Waals surface area (Å²) in [6.07, 6.45) is 3.32. The van der Waals surface area contributed by atoms with Crippen molar-refractivity contribution in [3.8, 4) is 5.82 Å². The molecule has 0 radical (unpaired) electrons. The predicted octanol–water partition coefficient (Wildman–Crippen LogP) is 3.91. The fourth-order valence-electron chi connectivity index (χ4n) is 2.90. The Morgan fingerprint density at radius 1 is 1.08 bits per heavy atom. The van der Waals surface area contributed by atoms with E-state index in [0.717, 1.165) is 40.7 Å². The molecule has 0 unspecified atom stereocenters. The maximum absolute atomic E-state index is 4.83. The van der Waals surface area contributed by atoms with E-state index in [-0.39, 0.29) is 0 Å². The molecule has 4 nitrogen and oxygen atoms in total. The molecular weight excluding hydrogens is 296 g/mol. The minimum Gasteiger partial charge on any atom is -0.237 e. The van der Waals surface area contributed by atoms with E-state index in [1.165, 1.54) is 5.56 Å². The van der Waals surface area contributed by atoms with E-state index < -0.39 is 0 Å². The normalized spacial score (nSPS) is 10.8. The number of hydrogen-bond donors (Lipinski definition) is 0. The van der Waals surface area contributed by atoms with Gasteiger partial charge in [-0.15, -0.1) is 6.58 Å². The summed E-state index contributed by atoms with van der Waals surface area (Å²) in [5, 5.41) is 4.60. The van der Waals surface area contributed by atoms with Gasteiger partial charge in [0.05, 0.1) is 5.69 Å². The Morgan fingerprint density at radius 2 is 1.83 bits per heavy atom. The Labute approximate surface area is 142 Å². The van der Waals surface area contributed by atoms with E-state index in [9.17, 15) is 0 Å². The van der Waals surface area contributed by atoms with Crippen molar-refractivity contribution in [3.05, 3.63) is 83.1 Å². The highest BCUT2D eigenvalue weighted by molar-refractivity contribution is 5.40. The third-order valence-corrected chi connectivity index (χ3v) is 4.00. The summed E-state index contributed by atoms with van der Waals surface area (Å²) in [6.45, 7) is 9.94. The molecule has 4 heteroatoms. The second-order valence-electron chi connectivity index (χ2n) is 6.02. The van der Waals surface area contributed by atoms with E-state index >= 15 is 0 Å². The standard InChI is InChI=1S/C20H22N4/c1-5-9-18-16(4)21-19(13-17-10-7-6-8-11-17)22-20(18)24-15(3)12-14(2)23-24/h5-8,10-12H,1,9,13H2,2-4H3. The van der Waals surface area contributed by atoms with Gasteiger partial charge in [0, 0.05) is 23.4 Å². The first-order valence-corrected chi connectivity index (χ1v) is 8.13. The molecule has 0 amide bonds. The van der Waals surface area contributed by atoms with Crippen LogP contribution in [-0.2, 0) is 12.8 Å². The molecule has 0 saturated carbocycles. The number of benzene rings is 1. The summed E-state index contributed by atoms with van der Waals surface area (Å²) in [7, 11) is 0. The van der Waals surface area contributed by atoms with Gasteiger partial charge in [-0.25, -0.2) is 14.6 Å². The minimum atomic E-state index is 0.711. The molecule has 0 atom stereocenters. The Bertz CT molecular complexity index is 863. The Morgan fingerprint density at radius 3 is 2.46 bits per heavy atom. The summed E-state index contributed by atoms with van der Waals surface area (Å²) in [5.74, 6) is 1.67. The van der Waals surface area contributed by atoms with Gasteiger partial charge in [-0.05, 0) is 38.8 Å². The van der Waals surface area contributed by atoms with Gasteiger partial charge < -0.3 is 0 Å². The highest BCUT2D eigenvalue weighted by atomic mass is 15.3. The van der Waals surface area contributed by atoms with Crippen molar-refractivity contribution in [1.82, 2.24) is 19.7 Å². The van der Waals surface area contributed by atoms with Crippen LogP contribution in [0.2, 0.25) is 0 Å². The van der Waals surface area contributed by atoms with Gasteiger partial charge in [0.15, 0.2) is 5.82 Å². The third kappa shape index (κ3) is 3.27. The smallest absolute Gasteiger partial charge is 0.161 e. The number of nitrogens with zero attached hydrogens (tertiary/aromatic N) is 4. The quantitative estimate of drug-likeness (QED) is 0.670. The molecule has 0 N–H and O–H groups in total. The summed E-state index contributed by atoms with van der Waals surface area (Å²) < 4.78 is 1.91. The molecule has 3 aromatic rings. The van der Waals surface area contributed by atoms with E-state index in [1.54, 1.807) is 0 Å². The van der Waals surface area contributed by atoms with Gasteiger partial charge in [-0.1, -0.05) is 36.4 Å². The second-order valence-corrected chi connectivity index (χ2v) is 6.02. The zero-order chi connectivity index (χ0) is 17.1. The van der Waals surface area contributed by atoms with Crippen LogP contribution in [0.15, 0.2) is 49.1 Å². The molecule has 0 bridgehead atoms. The molecule has 1 aromatic carbocycles. The topological polar surface area (TPSA) is 43.6 Å². The van der Waals surface area contributed by atoms with Crippen molar-refractivity contribution >= 4 is 0 Å². The molecular formula is C20H22N4. The van der Waals surface area contributed by atoms with Crippen LogP contribution in [0.4, 0.5) is 0 Å². The third-order valence-electron chi connectivity index (χ3n) is 4.00. The summed E-state index contributed by atoms with van der Waals surface area (Å²) in [4.78, 5) is 9.54. The monoisotopic (exact) mass is 318 g/mol. The molecule has 0 aliphatic rings. The van der Waals surface area contributed by atoms with Gasteiger partial charge in [0.2, 0.25) is 0 Å². The SMILES string of the molecule is C=CCc1c(C)nc(Cc2ccccc2)nc1-n1nc(C)cc1C. The zero-order valence-electron chi connectivity index (χ0n) is 14.5. The van der Waals surface area contributed by atoms with Gasteiger partial charge >= 0.3 is 0 Å². The molecule has 122 valence electrons. The maximum Gasteiger partial charge on any atom is 0.161 e. The number of hydrogen-bond acceptors (Lipinski definition) is 3. The van der Waals surface area contributed by atoms with Crippen LogP contribution in [0.5, 0.6) is 0 Å². The van der Waals surface area contributed by atoms with Gasteiger partial charge in [0.1, 0.15) is 5.82 Å². The fraction of sp³-hybridized carbons (Fsp3) is 0.250. The molecule has 3 rings (SSSR count). The molecule has 0 saturated heterocycles. The first-order chi connectivity index (χ1) is 11.6. The average molecular weight is 318 g/mol. The molecule has 0 spiro atoms. The number of aryl methyl sites for hydroxylation is 3. The average Bonchev–Trinajstić information content (AvgIpc) is 2.89. The van der Waals surface area contributed by atoms with E-state index in [2.05, 4.69) is 29.9 Å². The van der Waals surface area contributed by atoms with Crippen LogP contribution >= 0.6 is 0 Å². The largest absolute Gasteiger partial charge is 0.237 e. The van der Waals surface area contributed by atoms with Crippen molar-refractivity contribution in [2.24, 2.45) is 0 Å². The van der Waals surface area contributed by atoms with Crippen LogP contribution in [0.25, 0.3) is 5.82 Å². The van der Waals surface area contributed by atoms with E-state index in [4.69, 9.17) is 9.97 Å². The van der Waals surface area contributed by atoms with Crippen LogP contribution in [0, 0.1) is 20.8 Å². The lowest BCUT2D eigenvalue weighted by Crippen LogP contribution is -2.12. The molecule has 0 aliphatic carbocycles. The van der Waals surface area contributed by atoms with Crippen molar-refractivity contribution in [2.75, 3.05) is 0 Å². The lowest BCUT2D eigenvalue weighted by molar-refractivity contribution is 0.766. The Balaban J connectivity index is 2.10. The molecule has 0 fully saturated rings. The summed E-state index contributed by atoms with van der Waals surface area (Å²) >= 11 is 0. The summed E-state index contributed by atoms with van der Waals surface area (Å²) in [5.41, 5.74) is 5.32. The highest BCUT2D eigenvalue weighted by Gasteiger charge is 2.15. The van der Waals surface area contributed by atoms with Crippen molar-refractivity contribution in [1.29, 1.82) is 0 Å². The van der Waals surface area contributed by atoms with E-state index in [1.807, 2.05) is 49.7 Å². The van der Waals surface area contributed by atoms with E-state index in [0.29, 0.717) is 6.42 Å². The fourth-order valence-corrected chi connectivity index (χ4v) is 2.90. The minimum absolute atomic E-state index is 0.711. The van der Waals surface area contributed by atoms with Crippen molar-refractivity contribution < 1.29 is 0 Å². The van der Waals surface area contributed by atoms with Crippen LogP contribution < -0.4 is 0 Å². The maximum atomic E-state index is 4.83. The second kappa shape index (κ2) is 6.79. The number of allylic oxidation sites excluding steroid dienone is 1. The first-order valence-electron chi connectivity index (χ1n) is 8.13. The number of aromatic nitrogens is 4. The van der Waals surface area contributed by atoms with Crippen molar-refractivity contribution in [2.45, 2.75) is 33.6 Å². The summed E-state index contributed by atoms with van der Waals surface area (Å²) in [6, 6.07) is 12.3. The highest BCUT2D eigenvalue weighted by Crippen LogP contribution is 2.20. The molecule has 24 heavy (non-hydrogen) atoms. The number of rotatable bonds is 5. The molecule has 2 heterocycles. The molecule has 2 aromatic heterocycles. The Hall–Kier alpha value is -2.75. The van der Waals surface area contributed by atoms with Crippen LogP contribution in [0.3, 0.4) is 0 Å². The van der Waals surface area contributed by atoms with Gasteiger partial charge in [0.25, 0.3) is 0 Å². The predicted molar refractivity (Wildman–Crippen MR) is 96.5 cm³/mol. The van der Waals surface area contributed by atoms with Crippen LogP contribution in [0.1, 0.15) is 34.0 Å². The Kier molecular flexibility index (Phi) is 4.56. The zero-order valence-corrected chi connectivity index (χ0v) is 14.5. The van der Waals surface area contributed by atoms with Crippen molar-refractivity contribution in [3.63, 3.8) is 0 Å². The van der Waals surface area contributed by atoms with Crippen LogP contribution in [-0.4, -0.2) is 19.7 Å². The first kappa shape index (κ1) is 16.1. The lowest BCUT2D eigenvalue weighted by atomic mass is 10.1.